The molecule has 7 heteroatoms. The number of morpholine rings is 1. The molecule has 2 aromatic heterocycles. The molecular weight excluding hydrogens is 408 g/mol. The van der Waals surface area contributed by atoms with Gasteiger partial charge in [-0.05, 0) is 37.1 Å². The van der Waals surface area contributed by atoms with E-state index in [0.717, 1.165) is 65.5 Å². The molecule has 0 unspecified atom stereocenters. The molecule has 0 atom stereocenters. The van der Waals surface area contributed by atoms with E-state index in [1.54, 1.807) is 11.3 Å². The Hall–Kier alpha value is -2.74. The molecular formula is C24H26N4O2S. The minimum Gasteiger partial charge on any atom is -0.379 e. The first kappa shape index (κ1) is 20.2. The molecule has 0 spiro atoms. The second-order valence-electron chi connectivity index (χ2n) is 7.98. The van der Waals surface area contributed by atoms with E-state index in [4.69, 9.17) is 9.72 Å². The standard InChI is InChI=1S/C24H26N4O2S/c1-17-7-8-21-22(15-17)31-24(26-21)28(10-4-9-27-11-13-30-14-12-27)23(29)19-16-25-20-6-3-2-5-18(19)20/h2-3,5-8,15-16,25H,4,9-14H2,1H3. The largest absolute Gasteiger partial charge is 0.379 e. The molecule has 4 aromatic rings. The third-order valence-corrected chi connectivity index (χ3v) is 6.83. The molecule has 0 aliphatic carbocycles. The summed E-state index contributed by atoms with van der Waals surface area (Å²) in [5.41, 5.74) is 3.80. The third-order valence-electron chi connectivity index (χ3n) is 5.79. The molecule has 1 saturated heterocycles. The minimum absolute atomic E-state index is 0.00444. The van der Waals surface area contributed by atoms with E-state index in [0.29, 0.717) is 12.1 Å². The molecule has 1 aliphatic rings. The van der Waals surface area contributed by atoms with Gasteiger partial charge in [0.05, 0.1) is 29.0 Å². The molecule has 3 heterocycles. The van der Waals surface area contributed by atoms with E-state index in [1.807, 2.05) is 41.4 Å². The summed E-state index contributed by atoms with van der Waals surface area (Å²) in [5.74, 6) is -0.00444. The van der Waals surface area contributed by atoms with E-state index in [9.17, 15) is 4.79 Å². The molecule has 160 valence electrons. The first-order valence-electron chi connectivity index (χ1n) is 10.7. The second kappa shape index (κ2) is 8.78. The van der Waals surface area contributed by atoms with Crippen molar-refractivity contribution in [3.05, 3.63) is 59.8 Å². The van der Waals surface area contributed by atoms with Gasteiger partial charge in [0.2, 0.25) is 0 Å². The molecule has 31 heavy (non-hydrogen) atoms. The van der Waals surface area contributed by atoms with Crippen LogP contribution in [-0.2, 0) is 4.74 Å². The van der Waals surface area contributed by atoms with Crippen molar-refractivity contribution in [3.63, 3.8) is 0 Å². The quantitative estimate of drug-likeness (QED) is 0.487. The summed E-state index contributed by atoms with van der Waals surface area (Å²) in [6.45, 7) is 7.15. The number of nitrogens with one attached hydrogen (secondary N) is 1. The Labute approximate surface area is 185 Å². The number of nitrogens with zero attached hydrogens (tertiary/aromatic N) is 3. The molecule has 0 saturated carbocycles. The van der Waals surface area contributed by atoms with Crippen LogP contribution in [-0.4, -0.2) is 60.2 Å². The lowest BCUT2D eigenvalue weighted by Crippen LogP contribution is -2.39. The number of ether oxygens (including phenoxy) is 1. The normalized spacial score (nSPS) is 15.0. The molecule has 0 bridgehead atoms. The van der Waals surface area contributed by atoms with Crippen LogP contribution in [0.2, 0.25) is 0 Å². The number of hydrogen-bond donors (Lipinski definition) is 1. The van der Waals surface area contributed by atoms with Gasteiger partial charge in [0.25, 0.3) is 5.91 Å². The number of aromatic amines is 1. The van der Waals surface area contributed by atoms with Crippen LogP contribution in [0.25, 0.3) is 21.1 Å². The fraction of sp³-hybridized carbons (Fsp3) is 0.333. The number of amides is 1. The van der Waals surface area contributed by atoms with E-state index in [-0.39, 0.29) is 5.91 Å². The molecule has 1 fully saturated rings. The number of benzene rings is 2. The van der Waals surface area contributed by atoms with E-state index in [2.05, 4.69) is 28.9 Å². The van der Waals surface area contributed by atoms with E-state index >= 15 is 0 Å². The number of thiazole rings is 1. The second-order valence-corrected chi connectivity index (χ2v) is 8.99. The topological polar surface area (TPSA) is 61.5 Å². The van der Waals surface area contributed by atoms with Gasteiger partial charge < -0.3 is 9.72 Å². The van der Waals surface area contributed by atoms with Crippen molar-refractivity contribution >= 4 is 43.5 Å². The summed E-state index contributed by atoms with van der Waals surface area (Å²) < 4.78 is 6.56. The third kappa shape index (κ3) is 4.21. The monoisotopic (exact) mass is 434 g/mol. The van der Waals surface area contributed by atoms with Gasteiger partial charge >= 0.3 is 0 Å². The minimum atomic E-state index is -0.00444. The number of aromatic nitrogens is 2. The van der Waals surface area contributed by atoms with Gasteiger partial charge in [-0.25, -0.2) is 4.98 Å². The lowest BCUT2D eigenvalue weighted by atomic mass is 10.1. The van der Waals surface area contributed by atoms with Gasteiger partial charge in [-0.1, -0.05) is 35.6 Å². The fourth-order valence-electron chi connectivity index (χ4n) is 4.09. The smallest absolute Gasteiger partial charge is 0.262 e. The Bertz CT molecular complexity index is 1210. The number of carbonyl (C=O) groups excluding carboxylic acids is 1. The fourth-order valence-corrected chi connectivity index (χ4v) is 5.18. The number of carbonyl (C=O) groups is 1. The Morgan fingerprint density at radius 3 is 2.94 bits per heavy atom. The van der Waals surface area contributed by atoms with Crippen molar-refractivity contribution in [2.45, 2.75) is 13.3 Å². The highest BCUT2D eigenvalue weighted by molar-refractivity contribution is 7.22. The zero-order chi connectivity index (χ0) is 21.2. The summed E-state index contributed by atoms with van der Waals surface area (Å²) in [6.07, 6.45) is 2.71. The van der Waals surface area contributed by atoms with Crippen molar-refractivity contribution < 1.29 is 9.53 Å². The van der Waals surface area contributed by atoms with Gasteiger partial charge in [-0.3, -0.25) is 14.6 Å². The van der Waals surface area contributed by atoms with Crippen molar-refractivity contribution in [2.75, 3.05) is 44.3 Å². The maximum absolute atomic E-state index is 13.7. The molecule has 1 N–H and O–H groups in total. The van der Waals surface area contributed by atoms with Crippen LogP contribution in [0.15, 0.2) is 48.7 Å². The summed E-state index contributed by atoms with van der Waals surface area (Å²) >= 11 is 1.59. The zero-order valence-corrected chi connectivity index (χ0v) is 18.5. The predicted molar refractivity (Wildman–Crippen MR) is 126 cm³/mol. The maximum atomic E-state index is 13.7. The highest BCUT2D eigenvalue weighted by Crippen LogP contribution is 2.31. The van der Waals surface area contributed by atoms with Crippen molar-refractivity contribution in [1.82, 2.24) is 14.9 Å². The summed E-state index contributed by atoms with van der Waals surface area (Å²) in [5, 5.41) is 1.71. The number of anilines is 1. The van der Waals surface area contributed by atoms with Crippen LogP contribution < -0.4 is 4.90 Å². The van der Waals surface area contributed by atoms with E-state index < -0.39 is 0 Å². The highest BCUT2D eigenvalue weighted by atomic mass is 32.1. The van der Waals surface area contributed by atoms with Crippen LogP contribution in [0.3, 0.4) is 0 Å². The Morgan fingerprint density at radius 2 is 2.06 bits per heavy atom. The van der Waals surface area contributed by atoms with Gasteiger partial charge in [-0.2, -0.15) is 0 Å². The number of para-hydroxylation sites is 1. The lowest BCUT2D eigenvalue weighted by Gasteiger charge is -2.27. The van der Waals surface area contributed by atoms with Gasteiger partial charge in [0.1, 0.15) is 0 Å². The first-order valence-corrected chi connectivity index (χ1v) is 11.6. The summed E-state index contributed by atoms with van der Waals surface area (Å²) in [4.78, 5) is 26.0. The van der Waals surface area contributed by atoms with Crippen LogP contribution >= 0.6 is 11.3 Å². The number of aryl methyl sites for hydroxylation is 1. The molecule has 0 radical (unpaired) electrons. The number of fused-ring (bicyclic) bond motifs is 2. The number of H-pyrrole nitrogens is 1. The zero-order valence-electron chi connectivity index (χ0n) is 17.6. The Balaban J connectivity index is 1.44. The van der Waals surface area contributed by atoms with Crippen LogP contribution in [0.1, 0.15) is 22.3 Å². The summed E-state index contributed by atoms with van der Waals surface area (Å²) in [6, 6.07) is 14.2. The van der Waals surface area contributed by atoms with Crippen molar-refractivity contribution in [1.29, 1.82) is 0 Å². The van der Waals surface area contributed by atoms with Crippen LogP contribution in [0.4, 0.5) is 5.13 Å². The van der Waals surface area contributed by atoms with Gasteiger partial charge in [0.15, 0.2) is 5.13 Å². The lowest BCUT2D eigenvalue weighted by molar-refractivity contribution is 0.0376. The molecule has 2 aromatic carbocycles. The van der Waals surface area contributed by atoms with E-state index in [1.165, 1.54) is 5.56 Å². The van der Waals surface area contributed by atoms with Crippen LogP contribution in [0.5, 0.6) is 0 Å². The Morgan fingerprint density at radius 1 is 1.23 bits per heavy atom. The van der Waals surface area contributed by atoms with Crippen LogP contribution in [0, 0.1) is 6.92 Å². The highest BCUT2D eigenvalue weighted by Gasteiger charge is 2.24. The van der Waals surface area contributed by atoms with Crippen molar-refractivity contribution in [3.8, 4) is 0 Å². The molecule has 1 aliphatic heterocycles. The predicted octanol–water partition coefficient (Wildman–Crippen LogP) is 4.46. The molecule has 1 amide bonds. The molecule has 5 rings (SSSR count). The van der Waals surface area contributed by atoms with Crippen molar-refractivity contribution in [2.24, 2.45) is 0 Å². The number of rotatable bonds is 6. The average molecular weight is 435 g/mol. The number of hydrogen-bond acceptors (Lipinski definition) is 5. The average Bonchev–Trinajstić information content (AvgIpc) is 3.41. The Kier molecular flexibility index (Phi) is 5.72. The SMILES string of the molecule is Cc1ccc2nc(N(CCCN3CCOCC3)C(=O)c3c[nH]c4ccccc34)sc2c1. The molecule has 6 nitrogen and oxygen atoms in total. The summed E-state index contributed by atoms with van der Waals surface area (Å²) in [7, 11) is 0. The maximum Gasteiger partial charge on any atom is 0.262 e. The first-order chi connectivity index (χ1) is 15.2. The van der Waals surface area contributed by atoms with Gasteiger partial charge in [-0.15, -0.1) is 0 Å². The van der Waals surface area contributed by atoms with Gasteiger partial charge in [0, 0.05) is 43.3 Å².